The Morgan fingerprint density at radius 1 is 1.16 bits per heavy atom. The predicted octanol–water partition coefficient (Wildman–Crippen LogP) is 7.94. The number of benzene rings is 2. The molecule has 10 heteroatoms. The number of alkyl halides is 3. The molecule has 200 valence electrons. The Morgan fingerprint density at radius 2 is 1.92 bits per heavy atom. The van der Waals surface area contributed by atoms with Gasteiger partial charge in [-0.25, -0.2) is 9.78 Å². The first-order chi connectivity index (χ1) is 18.1. The van der Waals surface area contributed by atoms with E-state index in [4.69, 9.17) is 18.9 Å². The van der Waals surface area contributed by atoms with Gasteiger partial charge < -0.3 is 13.9 Å². The number of carbonyl (C=O) groups excluding carboxylic acids is 1. The van der Waals surface area contributed by atoms with E-state index in [9.17, 15) is 18.0 Å². The quantitative estimate of drug-likeness (QED) is 0.145. The van der Waals surface area contributed by atoms with Gasteiger partial charge in [0.25, 0.3) is 0 Å². The van der Waals surface area contributed by atoms with Gasteiger partial charge in [0, 0.05) is 27.5 Å². The highest BCUT2D eigenvalue weighted by molar-refractivity contribution is 7.98. The third kappa shape index (κ3) is 6.99. The van der Waals surface area contributed by atoms with Crippen molar-refractivity contribution < 1.29 is 31.9 Å². The lowest BCUT2D eigenvalue weighted by atomic mass is 10.1. The first-order valence-electron chi connectivity index (χ1n) is 11.9. The fraction of sp³-hybridized carbons (Fsp3) is 0.286. The number of aryl methyl sites for hydroxylation is 1. The number of hydrogen-bond donors (Lipinski definition) is 0. The zero-order valence-electron chi connectivity index (χ0n) is 21.0. The van der Waals surface area contributed by atoms with E-state index in [0.29, 0.717) is 35.1 Å². The minimum absolute atomic E-state index is 0.293. The third-order valence-electron chi connectivity index (χ3n) is 5.63. The van der Waals surface area contributed by atoms with Gasteiger partial charge in [0.2, 0.25) is 0 Å². The molecule has 0 amide bonds. The van der Waals surface area contributed by atoms with Crippen LogP contribution in [0.25, 0.3) is 10.6 Å². The minimum Gasteiger partial charge on any atom is -0.479 e. The van der Waals surface area contributed by atoms with Gasteiger partial charge in [-0.15, -0.1) is 23.1 Å². The SMILES string of the molecule is CCOC(=O)C(C)Oc1ccc(SCc2sc(-c3ccc(C(F)(F)F)cc3)nc2Cc2ccoc2)cc1C. The number of hydrogen-bond acceptors (Lipinski definition) is 7. The molecular formula is C28H26F3NO4S2. The number of furan rings is 1. The molecule has 4 rings (SSSR count). The number of halogens is 3. The summed E-state index contributed by atoms with van der Waals surface area (Å²) >= 11 is 3.09. The lowest BCUT2D eigenvalue weighted by Crippen LogP contribution is -2.26. The average Bonchev–Trinajstić information content (AvgIpc) is 3.54. The second-order valence-electron chi connectivity index (χ2n) is 8.50. The second-order valence-corrected chi connectivity index (χ2v) is 10.6. The van der Waals surface area contributed by atoms with Crippen LogP contribution in [0.4, 0.5) is 13.2 Å². The molecule has 5 nitrogen and oxygen atoms in total. The van der Waals surface area contributed by atoms with Crippen molar-refractivity contribution in [3.63, 3.8) is 0 Å². The second kappa shape index (κ2) is 12.1. The minimum atomic E-state index is -4.38. The fourth-order valence-electron chi connectivity index (χ4n) is 3.64. The van der Waals surface area contributed by atoms with Gasteiger partial charge in [0.05, 0.1) is 30.4 Å². The zero-order chi connectivity index (χ0) is 27.3. The number of thiazole rings is 1. The largest absolute Gasteiger partial charge is 0.479 e. The van der Waals surface area contributed by atoms with Gasteiger partial charge in [-0.2, -0.15) is 13.2 Å². The zero-order valence-corrected chi connectivity index (χ0v) is 22.6. The van der Waals surface area contributed by atoms with Gasteiger partial charge in [-0.3, -0.25) is 0 Å². The monoisotopic (exact) mass is 561 g/mol. The molecule has 0 saturated carbocycles. The van der Waals surface area contributed by atoms with E-state index < -0.39 is 23.8 Å². The molecule has 1 atom stereocenters. The Kier molecular flexibility index (Phi) is 8.83. The van der Waals surface area contributed by atoms with Crippen molar-refractivity contribution in [1.82, 2.24) is 4.98 Å². The summed E-state index contributed by atoms with van der Waals surface area (Å²) in [5.74, 6) is 0.826. The van der Waals surface area contributed by atoms with Gasteiger partial charge in [-0.05, 0) is 68.3 Å². The summed E-state index contributed by atoms with van der Waals surface area (Å²) in [6.07, 6.45) is -1.28. The summed E-state index contributed by atoms with van der Waals surface area (Å²) in [4.78, 5) is 18.7. The summed E-state index contributed by atoms with van der Waals surface area (Å²) in [5, 5.41) is 0.667. The number of carbonyl (C=O) groups is 1. The third-order valence-corrected chi connectivity index (χ3v) is 7.98. The summed E-state index contributed by atoms with van der Waals surface area (Å²) in [6.45, 7) is 5.61. The highest BCUT2D eigenvalue weighted by Crippen LogP contribution is 2.36. The molecule has 0 saturated heterocycles. The lowest BCUT2D eigenvalue weighted by Gasteiger charge is -2.15. The molecule has 38 heavy (non-hydrogen) atoms. The van der Waals surface area contributed by atoms with E-state index in [0.717, 1.165) is 38.7 Å². The van der Waals surface area contributed by atoms with Crippen LogP contribution in [0.3, 0.4) is 0 Å². The summed E-state index contributed by atoms with van der Waals surface area (Å²) in [7, 11) is 0. The smallest absolute Gasteiger partial charge is 0.416 e. The maximum atomic E-state index is 13.0. The number of ether oxygens (including phenoxy) is 2. The van der Waals surface area contributed by atoms with Gasteiger partial charge in [-0.1, -0.05) is 12.1 Å². The maximum absolute atomic E-state index is 13.0. The Balaban J connectivity index is 1.51. The highest BCUT2D eigenvalue weighted by Gasteiger charge is 2.30. The molecule has 2 aromatic carbocycles. The van der Waals surface area contributed by atoms with Crippen molar-refractivity contribution in [3.8, 4) is 16.3 Å². The highest BCUT2D eigenvalue weighted by atomic mass is 32.2. The Labute approximate surface area is 227 Å². The van der Waals surface area contributed by atoms with E-state index in [1.165, 1.54) is 23.5 Å². The van der Waals surface area contributed by atoms with Crippen molar-refractivity contribution in [3.05, 3.63) is 88.3 Å². The van der Waals surface area contributed by atoms with Crippen LogP contribution in [0.5, 0.6) is 5.75 Å². The van der Waals surface area contributed by atoms with Crippen molar-refractivity contribution in [2.75, 3.05) is 6.61 Å². The molecule has 0 radical (unpaired) electrons. The molecule has 2 aromatic heterocycles. The molecular weight excluding hydrogens is 535 g/mol. The van der Waals surface area contributed by atoms with E-state index in [2.05, 4.69) is 0 Å². The van der Waals surface area contributed by atoms with Crippen LogP contribution in [0, 0.1) is 6.92 Å². The molecule has 0 spiro atoms. The summed E-state index contributed by atoms with van der Waals surface area (Å²) in [5.41, 5.74) is 2.67. The lowest BCUT2D eigenvalue weighted by molar-refractivity contribution is -0.150. The molecule has 0 aliphatic rings. The predicted molar refractivity (Wildman–Crippen MR) is 142 cm³/mol. The number of thioether (sulfide) groups is 1. The average molecular weight is 562 g/mol. The molecule has 0 fully saturated rings. The number of nitrogens with zero attached hydrogens (tertiary/aromatic N) is 1. The van der Waals surface area contributed by atoms with Crippen molar-refractivity contribution >= 4 is 29.1 Å². The maximum Gasteiger partial charge on any atom is 0.416 e. The van der Waals surface area contributed by atoms with Gasteiger partial charge in [0.15, 0.2) is 6.10 Å². The summed E-state index contributed by atoms with van der Waals surface area (Å²) < 4.78 is 54.9. The van der Waals surface area contributed by atoms with Crippen molar-refractivity contribution in [1.29, 1.82) is 0 Å². The van der Waals surface area contributed by atoms with Crippen molar-refractivity contribution in [2.24, 2.45) is 0 Å². The van der Waals surface area contributed by atoms with Crippen LogP contribution in [-0.2, 0) is 27.9 Å². The van der Waals surface area contributed by atoms with Crippen LogP contribution in [0.15, 0.2) is 70.4 Å². The van der Waals surface area contributed by atoms with E-state index in [1.54, 1.807) is 38.1 Å². The van der Waals surface area contributed by atoms with Crippen LogP contribution in [0.2, 0.25) is 0 Å². The van der Waals surface area contributed by atoms with Crippen LogP contribution >= 0.6 is 23.1 Å². The van der Waals surface area contributed by atoms with Gasteiger partial charge in [0.1, 0.15) is 10.8 Å². The van der Waals surface area contributed by atoms with E-state index in [1.807, 2.05) is 31.2 Å². The molecule has 2 heterocycles. The molecule has 0 bridgehead atoms. The molecule has 4 aromatic rings. The van der Waals surface area contributed by atoms with Gasteiger partial charge >= 0.3 is 12.1 Å². The number of aromatic nitrogens is 1. The molecule has 0 aliphatic heterocycles. The fourth-order valence-corrected chi connectivity index (χ4v) is 5.82. The van der Waals surface area contributed by atoms with Crippen LogP contribution < -0.4 is 4.74 Å². The van der Waals surface area contributed by atoms with E-state index >= 15 is 0 Å². The first kappa shape index (κ1) is 27.8. The summed E-state index contributed by atoms with van der Waals surface area (Å²) in [6, 6.07) is 12.7. The van der Waals surface area contributed by atoms with Crippen LogP contribution in [0.1, 0.15) is 41.1 Å². The Bertz CT molecular complexity index is 1370. The Hall–Kier alpha value is -3.24. The number of esters is 1. The van der Waals surface area contributed by atoms with E-state index in [-0.39, 0.29) is 0 Å². The molecule has 0 N–H and O–H groups in total. The Morgan fingerprint density at radius 3 is 2.55 bits per heavy atom. The first-order valence-corrected chi connectivity index (χ1v) is 13.7. The van der Waals surface area contributed by atoms with Crippen molar-refractivity contribution in [2.45, 2.75) is 50.1 Å². The molecule has 1 unspecified atom stereocenters. The standard InChI is InChI=1S/C28H26F3NO4S2/c1-4-35-27(33)18(3)36-24-10-9-22(13-17(24)2)37-16-25-23(14-19-11-12-34-15-19)32-26(38-25)20-5-7-21(8-6-20)28(29,30)31/h5-13,15,18H,4,14,16H2,1-3H3. The molecule has 0 aliphatic carbocycles. The topological polar surface area (TPSA) is 61.6 Å². The van der Waals surface area contributed by atoms with Crippen LogP contribution in [-0.4, -0.2) is 23.7 Å². The normalized spacial score (nSPS) is 12.4. The number of rotatable bonds is 10.